The van der Waals surface area contributed by atoms with Crippen molar-refractivity contribution in [2.45, 2.75) is 44.1 Å². The summed E-state index contributed by atoms with van der Waals surface area (Å²) in [5.74, 6) is 0.674. The fourth-order valence-corrected chi connectivity index (χ4v) is 3.79. The molecule has 0 spiro atoms. The highest BCUT2D eigenvalue weighted by atomic mass is 35.5. The number of fused-ring (bicyclic) bond motifs is 2. The summed E-state index contributed by atoms with van der Waals surface area (Å²) in [7, 11) is 0. The van der Waals surface area contributed by atoms with Gasteiger partial charge in [-0.1, -0.05) is 43.2 Å². The second-order valence-electron chi connectivity index (χ2n) is 6.22. The molecule has 3 atom stereocenters. The molecule has 4 heteroatoms. The van der Waals surface area contributed by atoms with Gasteiger partial charge >= 0.3 is 5.97 Å². The van der Waals surface area contributed by atoms with Gasteiger partial charge in [0.1, 0.15) is 12.0 Å². The van der Waals surface area contributed by atoms with E-state index in [4.69, 9.17) is 4.74 Å². The maximum Gasteiger partial charge on any atom is 0.316 e. The molecule has 0 radical (unpaired) electrons. The second kappa shape index (κ2) is 7.28. The van der Waals surface area contributed by atoms with E-state index in [1.165, 1.54) is 19.3 Å². The lowest BCUT2D eigenvalue weighted by Crippen LogP contribution is -2.29. The van der Waals surface area contributed by atoms with Crippen molar-refractivity contribution in [3.8, 4) is 0 Å². The number of aliphatic hydroxyl groups excluding tert-OH is 1. The van der Waals surface area contributed by atoms with Gasteiger partial charge in [0, 0.05) is 0 Å². The van der Waals surface area contributed by atoms with Crippen LogP contribution in [0.2, 0.25) is 0 Å². The van der Waals surface area contributed by atoms with Gasteiger partial charge in [0.15, 0.2) is 0 Å². The smallest absolute Gasteiger partial charge is 0.316 e. The van der Waals surface area contributed by atoms with Crippen molar-refractivity contribution in [1.29, 1.82) is 0 Å². The van der Waals surface area contributed by atoms with E-state index >= 15 is 0 Å². The molecule has 1 aromatic rings. The Balaban J connectivity index is 0.00000161. The quantitative estimate of drug-likeness (QED) is 0.868. The summed E-state index contributed by atoms with van der Waals surface area (Å²) < 4.78 is 5.68. The Labute approximate surface area is 132 Å². The third kappa shape index (κ3) is 3.78. The van der Waals surface area contributed by atoms with Gasteiger partial charge < -0.3 is 9.84 Å². The molecule has 1 N–H and O–H groups in total. The van der Waals surface area contributed by atoms with E-state index in [1.54, 1.807) is 0 Å². The van der Waals surface area contributed by atoms with Crippen LogP contribution in [-0.2, 0) is 9.53 Å². The number of ether oxygens (including phenoxy) is 1. The standard InChI is InChI=1S/C17H22O3.ClH/c18-11-16(14-4-2-1-3-5-14)17(19)20-15-9-12-6-7-13(8-12)10-15;/h1-5,12-13,15-16,18H,6-11H2;1H. The molecule has 2 aliphatic rings. The van der Waals surface area contributed by atoms with E-state index in [9.17, 15) is 9.90 Å². The van der Waals surface area contributed by atoms with Crippen LogP contribution >= 0.6 is 12.4 Å². The number of benzene rings is 1. The molecule has 2 saturated carbocycles. The zero-order valence-electron chi connectivity index (χ0n) is 12.1. The minimum atomic E-state index is -0.546. The fraction of sp³-hybridized carbons (Fsp3) is 0.588. The second-order valence-corrected chi connectivity index (χ2v) is 6.22. The Kier molecular flexibility index (Phi) is 5.65. The minimum absolute atomic E-state index is 0. The normalized spacial score (nSPS) is 28.5. The number of aliphatic hydroxyl groups is 1. The third-order valence-electron chi connectivity index (χ3n) is 4.79. The van der Waals surface area contributed by atoms with Crippen LogP contribution in [0.1, 0.15) is 43.6 Å². The first-order valence-electron chi connectivity index (χ1n) is 7.62. The van der Waals surface area contributed by atoms with Crippen molar-refractivity contribution < 1.29 is 14.6 Å². The topological polar surface area (TPSA) is 46.5 Å². The average Bonchev–Trinajstić information content (AvgIpc) is 2.80. The Morgan fingerprint density at radius 1 is 1.14 bits per heavy atom. The van der Waals surface area contributed by atoms with Crippen LogP contribution in [0.25, 0.3) is 0 Å². The SMILES string of the molecule is Cl.O=C(OC1CC2CCC(C2)C1)C(CO)c1ccccc1. The van der Waals surface area contributed by atoms with Gasteiger partial charge in [-0.25, -0.2) is 0 Å². The molecule has 2 fully saturated rings. The molecule has 0 heterocycles. The summed E-state index contributed by atoms with van der Waals surface area (Å²) in [5, 5.41) is 9.49. The molecular formula is C17H23ClO3. The molecule has 0 amide bonds. The Morgan fingerprint density at radius 3 is 2.33 bits per heavy atom. The first-order chi connectivity index (χ1) is 9.76. The van der Waals surface area contributed by atoms with E-state index in [1.807, 2.05) is 30.3 Å². The molecule has 116 valence electrons. The van der Waals surface area contributed by atoms with Gasteiger partial charge in [-0.15, -0.1) is 12.4 Å². The number of rotatable bonds is 4. The van der Waals surface area contributed by atoms with E-state index < -0.39 is 5.92 Å². The summed E-state index contributed by atoms with van der Waals surface area (Å²) in [6.07, 6.45) is 5.98. The molecule has 0 aromatic heterocycles. The lowest BCUT2D eigenvalue weighted by molar-refractivity contribution is -0.154. The molecule has 3 unspecified atom stereocenters. The third-order valence-corrected chi connectivity index (χ3v) is 4.79. The average molecular weight is 311 g/mol. The van der Waals surface area contributed by atoms with Crippen LogP contribution in [0.4, 0.5) is 0 Å². The lowest BCUT2D eigenvalue weighted by Gasteiger charge is -2.28. The monoisotopic (exact) mass is 310 g/mol. The molecule has 3 rings (SSSR count). The van der Waals surface area contributed by atoms with Crippen molar-refractivity contribution >= 4 is 18.4 Å². The Bertz CT molecular complexity index is 450. The molecule has 2 bridgehead atoms. The Hall–Kier alpha value is -1.06. The van der Waals surface area contributed by atoms with Gasteiger partial charge in [-0.2, -0.15) is 0 Å². The van der Waals surface area contributed by atoms with Crippen LogP contribution in [0, 0.1) is 11.8 Å². The predicted octanol–water partition coefficient (Wildman–Crippen LogP) is 3.31. The highest BCUT2D eigenvalue weighted by Crippen LogP contribution is 2.43. The maximum atomic E-state index is 12.3. The Morgan fingerprint density at radius 2 is 1.76 bits per heavy atom. The van der Waals surface area contributed by atoms with Crippen molar-refractivity contribution in [3.63, 3.8) is 0 Å². The van der Waals surface area contributed by atoms with E-state index in [-0.39, 0.29) is 31.1 Å². The highest BCUT2D eigenvalue weighted by Gasteiger charge is 2.36. The van der Waals surface area contributed by atoms with Crippen molar-refractivity contribution in [3.05, 3.63) is 35.9 Å². The summed E-state index contributed by atoms with van der Waals surface area (Å²) in [5.41, 5.74) is 0.832. The van der Waals surface area contributed by atoms with Gasteiger partial charge in [-0.3, -0.25) is 4.79 Å². The van der Waals surface area contributed by atoms with Gasteiger partial charge in [0.2, 0.25) is 0 Å². The predicted molar refractivity (Wildman–Crippen MR) is 83.5 cm³/mol. The number of esters is 1. The van der Waals surface area contributed by atoms with Crippen LogP contribution in [0.5, 0.6) is 0 Å². The number of carbonyl (C=O) groups is 1. The highest BCUT2D eigenvalue weighted by molar-refractivity contribution is 5.85. The van der Waals surface area contributed by atoms with Gasteiger partial charge in [-0.05, 0) is 36.7 Å². The summed E-state index contributed by atoms with van der Waals surface area (Å²) >= 11 is 0. The zero-order valence-corrected chi connectivity index (χ0v) is 12.9. The fourth-order valence-electron chi connectivity index (χ4n) is 3.79. The number of halogens is 1. The van der Waals surface area contributed by atoms with Crippen LogP contribution in [0.3, 0.4) is 0 Å². The summed E-state index contributed by atoms with van der Waals surface area (Å²) in [6, 6.07) is 9.40. The van der Waals surface area contributed by atoms with E-state index in [0.717, 1.165) is 30.2 Å². The van der Waals surface area contributed by atoms with Crippen molar-refractivity contribution in [2.75, 3.05) is 6.61 Å². The van der Waals surface area contributed by atoms with E-state index in [2.05, 4.69) is 0 Å². The molecule has 21 heavy (non-hydrogen) atoms. The number of hydrogen-bond donors (Lipinski definition) is 1. The number of carbonyl (C=O) groups excluding carboxylic acids is 1. The number of hydrogen-bond acceptors (Lipinski definition) is 3. The van der Waals surface area contributed by atoms with Crippen LogP contribution in [-0.4, -0.2) is 23.8 Å². The summed E-state index contributed by atoms with van der Waals surface area (Å²) in [4.78, 5) is 12.3. The molecule has 3 nitrogen and oxygen atoms in total. The molecule has 1 aromatic carbocycles. The minimum Gasteiger partial charge on any atom is -0.462 e. The molecule has 0 aliphatic heterocycles. The summed E-state index contributed by atoms with van der Waals surface area (Å²) in [6.45, 7) is -0.192. The lowest BCUT2D eigenvalue weighted by atomic mass is 9.87. The molecule has 2 aliphatic carbocycles. The van der Waals surface area contributed by atoms with Gasteiger partial charge in [0.25, 0.3) is 0 Å². The first kappa shape index (κ1) is 16.3. The largest absolute Gasteiger partial charge is 0.462 e. The van der Waals surface area contributed by atoms with Crippen molar-refractivity contribution in [1.82, 2.24) is 0 Å². The van der Waals surface area contributed by atoms with Gasteiger partial charge in [0.05, 0.1) is 6.61 Å². The van der Waals surface area contributed by atoms with E-state index in [0.29, 0.717) is 0 Å². The maximum absolute atomic E-state index is 12.3. The van der Waals surface area contributed by atoms with Crippen LogP contribution in [0.15, 0.2) is 30.3 Å². The molecular weight excluding hydrogens is 288 g/mol. The molecule has 0 saturated heterocycles. The van der Waals surface area contributed by atoms with Crippen LogP contribution < -0.4 is 0 Å². The van der Waals surface area contributed by atoms with Crippen molar-refractivity contribution in [2.24, 2.45) is 11.8 Å². The first-order valence-corrected chi connectivity index (χ1v) is 7.62. The zero-order chi connectivity index (χ0) is 13.9.